The van der Waals surface area contributed by atoms with Crippen molar-refractivity contribution >= 4 is 15.9 Å². The molecule has 0 saturated carbocycles. The van der Waals surface area contributed by atoms with Crippen molar-refractivity contribution in [3.8, 4) is 0 Å². The molecule has 0 aliphatic carbocycles. The molecule has 2 unspecified atom stereocenters. The molecule has 1 heterocycles. The Bertz CT molecular complexity index is 658. The molecule has 1 aromatic carbocycles. The van der Waals surface area contributed by atoms with Gasteiger partial charge in [-0.3, -0.25) is 4.79 Å². The standard InChI is InChI=1S/C17H27N3O3S/c1-3-24(22,23)19-12-14-4-6-15(7-5-14)17(21)20-9-8-13(2)10-16(20)11-18/h4-7,13,16,19H,3,8-12,18H2,1-2H3. The molecule has 1 aromatic rings. The van der Waals surface area contributed by atoms with Gasteiger partial charge in [-0.15, -0.1) is 0 Å². The second-order valence-corrected chi connectivity index (χ2v) is 8.53. The highest BCUT2D eigenvalue weighted by Crippen LogP contribution is 2.23. The van der Waals surface area contributed by atoms with Crippen LogP contribution in [0.1, 0.15) is 42.6 Å². The van der Waals surface area contributed by atoms with Gasteiger partial charge in [0.15, 0.2) is 0 Å². The summed E-state index contributed by atoms with van der Waals surface area (Å²) in [6.07, 6.45) is 1.94. The van der Waals surface area contributed by atoms with Crippen LogP contribution in [-0.2, 0) is 16.6 Å². The van der Waals surface area contributed by atoms with E-state index in [1.165, 1.54) is 0 Å². The summed E-state index contributed by atoms with van der Waals surface area (Å²) in [7, 11) is -3.22. The van der Waals surface area contributed by atoms with E-state index >= 15 is 0 Å². The van der Waals surface area contributed by atoms with Gasteiger partial charge in [-0.05, 0) is 43.4 Å². The van der Waals surface area contributed by atoms with Crippen LogP contribution in [0, 0.1) is 5.92 Å². The van der Waals surface area contributed by atoms with E-state index in [0.717, 1.165) is 24.9 Å². The molecule has 0 spiro atoms. The van der Waals surface area contributed by atoms with Gasteiger partial charge in [0.1, 0.15) is 0 Å². The molecule has 1 amide bonds. The number of piperidine rings is 1. The van der Waals surface area contributed by atoms with Gasteiger partial charge < -0.3 is 10.6 Å². The first-order valence-electron chi connectivity index (χ1n) is 8.43. The Morgan fingerprint density at radius 2 is 2.00 bits per heavy atom. The smallest absolute Gasteiger partial charge is 0.254 e. The topological polar surface area (TPSA) is 92.5 Å². The lowest BCUT2D eigenvalue weighted by atomic mass is 9.92. The van der Waals surface area contributed by atoms with Gasteiger partial charge in [0, 0.05) is 31.2 Å². The molecule has 6 nitrogen and oxygen atoms in total. The number of nitrogens with zero attached hydrogens (tertiary/aromatic N) is 1. The molecule has 24 heavy (non-hydrogen) atoms. The predicted molar refractivity (Wildman–Crippen MR) is 95.0 cm³/mol. The summed E-state index contributed by atoms with van der Waals surface area (Å²) in [5, 5.41) is 0. The average Bonchev–Trinajstić information content (AvgIpc) is 2.59. The monoisotopic (exact) mass is 353 g/mol. The molecule has 1 saturated heterocycles. The van der Waals surface area contributed by atoms with E-state index in [-0.39, 0.29) is 24.2 Å². The van der Waals surface area contributed by atoms with Gasteiger partial charge in [-0.25, -0.2) is 13.1 Å². The molecular weight excluding hydrogens is 326 g/mol. The minimum Gasteiger partial charge on any atom is -0.334 e. The van der Waals surface area contributed by atoms with Crippen molar-refractivity contribution in [1.82, 2.24) is 9.62 Å². The molecule has 2 atom stereocenters. The lowest BCUT2D eigenvalue weighted by Crippen LogP contribution is -2.49. The lowest BCUT2D eigenvalue weighted by molar-refractivity contribution is 0.0573. The number of nitrogens with one attached hydrogen (secondary N) is 1. The van der Waals surface area contributed by atoms with E-state index in [1.807, 2.05) is 4.90 Å². The summed E-state index contributed by atoms with van der Waals surface area (Å²) in [4.78, 5) is 14.6. The Morgan fingerprint density at radius 1 is 1.33 bits per heavy atom. The Morgan fingerprint density at radius 3 is 2.58 bits per heavy atom. The number of likely N-dealkylation sites (tertiary alicyclic amines) is 1. The number of carbonyl (C=O) groups excluding carboxylic acids is 1. The van der Waals surface area contributed by atoms with Crippen LogP contribution in [0.25, 0.3) is 0 Å². The van der Waals surface area contributed by atoms with Gasteiger partial charge in [0.2, 0.25) is 10.0 Å². The van der Waals surface area contributed by atoms with Crippen LogP contribution in [0.5, 0.6) is 0 Å². The van der Waals surface area contributed by atoms with Gasteiger partial charge in [0.05, 0.1) is 5.75 Å². The summed E-state index contributed by atoms with van der Waals surface area (Å²) in [5.74, 6) is 0.645. The van der Waals surface area contributed by atoms with E-state index < -0.39 is 10.0 Å². The van der Waals surface area contributed by atoms with Crippen molar-refractivity contribution in [3.63, 3.8) is 0 Å². The van der Waals surface area contributed by atoms with Crippen LogP contribution in [0.2, 0.25) is 0 Å². The highest BCUT2D eigenvalue weighted by Gasteiger charge is 2.29. The first-order chi connectivity index (χ1) is 11.4. The maximum Gasteiger partial charge on any atom is 0.254 e. The molecule has 0 aromatic heterocycles. The molecule has 2 rings (SSSR count). The van der Waals surface area contributed by atoms with Crippen LogP contribution in [0.4, 0.5) is 0 Å². The Hall–Kier alpha value is -1.44. The van der Waals surface area contributed by atoms with E-state index in [4.69, 9.17) is 5.73 Å². The quantitative estimate of drug-likeness (QED) is 0.807. The third-order valence-electron chi connectivity index (χ3n) is 4.59. The molecule has 0 radical (unpaired) electrons. The molecule has 1 aliphatic heterocycles. The van der Waals surface area contributed by atoms with Crippen LogP contribution >= 0.6 is 0 Å². The van der Waals surface area contributed by atoms with Crippen molar-refractivity contribution in [3.05, 3.63) is 35.4 Å². The lowest BCUT2D eigenvalue weighted by Gasteiger charge is -2.38. The SMILES string of the molecule is CCS(=O)(=O)NCc1ccc(C(=O)N2CCC(C)CC2CN)cc1. The molecule has 0 bridgehead atoms. The van der Waals surface area contributed by atoms with Crippen LogP contribution in [0.15, 0.2) is 24.3 Å². The van der Waals surface area contributed by atoms with Gasteiger partial charge in [0.25, 0.3) is 5.91 Å². The third kappa shape index (κ3) is 4.78. The molecule has 3 N–H and O–H groups in total. The van der Waals surface area contributed by atoms with Gasteiger partial charge >= 0.3 is 0 Å². The number of rotatable bonds is 6. The zero-order valence-corrected chi connectivity index (χ0v) is 15.2. The number of nitrogens with two attached hydrogens (primary N) is 1. The van der Waals surface area contributed by atoms with E-state index in [0.29, 0.717) is 18.0 Å². The fourth-order valence-corrected chi connectivity index (χ4v) is 3.56. The Balaban J connectivity index is 2.03. The molecule has 134 valence electrons. The number of carbonyl (C=O) groups is 1. The van der Waals surface area contributed by atoms with Crippen molar-refractivity contribution in [2.75, 3.05) is 18.8 Å². The number of amides is 1. The van der Waals surface area contributed by atoms with Crippen molar-refractivity contribution in [2.45, 2.75) is 39.3 Å². The van der Waals surface area contributed by atoms with Crippen molar-refractivity contribution in [2.24, 2.45) is 11.7 Å². The highest BCUT2D eigenvalue weighted by molar-refractivity contribution is 7.89. The summed E-state index contributed by atoms with van der Waals surface area (Å²) < 4.78 is 25.5. The first kappa shape index (κ1) is 18.9. The number of benzene rings is 1. The van der Waals surface area contributed by atoms with Gasteiger partial charge in [-0.1, -0.05) is 19.1 Å². The summed E-state index contributed by atoms with van der Waals surface area (Å²) >= 11 is 0. The summed E-state index contributed by atoms with van der Waals surface area (Å²) in [6.45, 7) is 5.23. The molecule has 7 heteroatoms. The fourth-order valence-electron chi connectivity index (χ4n) is 2.97. The summed E-state index contributed by atoms with van der Waals surface area (Å²) in [5.41, 5.74) is 7.27. The fraction of sp³-hybridized carbons (Fsp3) is 0.588. The first-order valence-corrected chi connectivity index (χ1v) is 10.1. The number of hydrogen-bond acceptors (Lipinski definition) is 4. The third-order valence-corrected chi connectivity index (χ3v) is 5.93. The minimum absolute atomic E-state index is 0.00182. The van der Waals surface area contributed by atoms with Crippen LogP contribution < -0.4 is 10.5 Å². The van der Waals surface area contributed by atoms with Crippen LogP contribution in [0.3, 0.4) is 0 Å². The van der Waals surface area contributed by atoms with E-state index in [2.05, 4.69) is 11.6 Å². The zero-order valence-electron chi connectivity index (χ0n) is 14.4. The molecule has 1 aliphatic rings. The second-order valence-electron chi connectivity index (χ2n) is 6.44. The minimum atomic E-state index is -3.22. The summed E-state index contributed by atoms with van der Waals surface area (Å²) in [6, 6.07) is 7.18. The zero-order chi connectivity index (χ0) is 17.7. The Labute approximate surface area is 144 Å². The maximum absolute atomic E-state index is 12.7. The maximum atomic E-state index is 12.7. The van der Waals surface area contributed by atoms with Crippen LogP contribution in [-0.4, -0.2) is 44.1 Å². The van der Waals surface area contributed by atoms with E-state index in [9.17, 15) is 13.2 Å². The average molecular weight is 353 g/mol. The van der Waals surface area contributed by atoms with Crippen molar-refractivity contribution < 1.29 is 13.2 Å². The second kappa shape index (κ2) is 8.09. The molecular formula is C17H27N3O3S. The molecule has 1 fully saturated rings. The van der Waals surface area contributed by atoms with E-state index in [1.54, 1.807) is 31.2 Å². The predicted octanol–water partition coefficient (Wildman–Crippen LogP) is 1.33. The normalized spacial score (nSPS) is 21.7. The highest BCUT2D eigenvalue weighted by atomic mass is 32.2. The van der Waals surface area contributed by atoms with Gasteiger partial charge in [-0.2, -0.15) is 0 Å². The number of sulfonamides is 1. The number of hydrogen-bond donors (Lipinski definition) is 2. The largest absolute Gasteiger partial charge is 0.334 e. The van der Waals surface area contributed by atoms with Crippen molar-refractivity contribution in [1.29, 1.82) is 0 Å². The Kier molecular flexibility index (Phi) is 6.37.